The summed E-state index contributed by atoms with van der Waals surface area (Å²) in [5, 5.41) is 11.4. The molecule has 3 aromatic rings. The molecule has 1 spiro atoms. The largest absolute Gasteiger partial charge is 0.507 e. The lowest BCUT2D eigenvalue weighted by atomic mass is 9.77. The number of ether oxygens (including phenoxy) is 3. The van der Waals surface area contributed by atoms with Crippen LogP contribution in [0.5, 0.6) is 11.5 Å². The van der Waals surface area contributed by atoms with Crippen LogP contribution in [0.15, 0.2) is 45.6 Å². The molecule has 4 heterocycles. The maximum absolute atomic E-state index is 13.8. The van der Waals surface area contributed by atoms with Crippen LogP contribution in [0.3, 0.4) is 0 Å². The predicted molar refractivity (Wildman–Crippen MR) is 144 cm³/mol. The van der Waals surface area contributed by atoms with Crippen molar-refractivity contribution in [1.29, 1.82) is 0 Å². The van der Waals surface area contributed by atoms with Crippen molar-refractivity contribution in [2.24, 2.45) is 11.5 Å². The van der Waals surface area contributed by atoms with E-state index in [1.807, 2.05) is 38.1 Å². The van der Waals surface area contributed by atoms with Gasteiger partial charge in [0.25, 0.3) is 0 Å². The summed E-state index contributed by atoms with van der Waals surface area (Å²) in [6.07, 6.45) is 1.64. The quantitative estimate of drug-likeness (QED) is 0.259. The minimum Gasteiger partial charge on any atom is -0.507 e. The number of fused-ring (bicyclic) bond motifs is 4. The van der Waals surface area contributed by atoms with Gasteiger partial charge in [-0.15, -0.1) is 0 Å². The fourth-order valence-electron chi connectivity index (χ4n) is 6.39. The zero-order valence-electron chi connectivity index (χ0n) is 22.4. The second-order valence-electron chi connectivity index (χ2n) is 11.6. The monoisotopic (exact) mass is 534 g/mol. The molecule has 6 rings (SSSR count). The molecule has 1 aromatic heterocycles. The molecular weight excluding hydrogens is 500 g/mol. The molecule has 4 atom stereocenters. The van der Waals surface area contributed by atoms with E-state index in [4.69, 9.17) is 30.1 Å². The van der Waals surface area contributed by atoms with E-state index in [1.54, 1.807) is 13.0 Å². The lowest BCUT2D eigenvalue weighted by Crippen LogP contribution is -2.52. The highest BCUT2D eigenvalue weighted by atomic mass is 16.7. The Bertz CT molecular complexity index is 1530. The standard InChI is InChI=1S/C30H34N2O7/c1-15-11-19(33)24-20(36-15)14-21-23(25(24)34)18-9-4-5-10-30(28(35)37-26(18)29(2,3)38-21)22(39-30)13-16-7-6-8-17(12-16)27(31)32/h6-8,11-12,14,18,22,26-27,34H,4-5,9-10,13,31-32H2,1-3H3/t18-,22-,26-,30-/m1/s1. The molecule has 3 aliphatic heterocycles. The summed E-state index contributed by atoms with van der Waals surface area (Å²) in [7, 11) is 0. The number of aryl methyl sites for hydroxylation is 1. The van der Waals surface area contributed by atoms with Crippen LogP contribution in [0.25, 0.3) is 11.0 Å². The molecule has 2 fully saturated rings. The molecule has 2 saturated heterocycles. The number of rotatable bonds is 3. The van der Waals surface area contributed by atoms with E-state index in [2.05, 4.69) is 0 Å². The third-order valence-corrected chi connectivity index (χ3v) is 8.38. The molecular formula is C30H34N2O7. The number of aromatic hydroxyl groups is 1. The Balaban J connectivity index is 1.33. The molecule has 0 amide bonds. The summed E-state index contributed by atoms with van der Waals surface area (Å²) >= 11 is 0. The van der Waals surface area contributed by atoms with Crippen LogP contribution in [0.4, 0.5) is 0 Å². The number of hydrogen-bond acceptors (Lipinski definition) is 9. The maximum Gasteiger partial charge on any atom is 0.341 e. The number of benzene rings is 2. The Morgan fingerprint density at radius 3 is 2.69 bits per heavy atom. The van der Waals surface area contributed by atoms with Gasteiger partial charge in [-0.05, 0) is 51.2 Å². The van der Waals surface area contributed by atoms with Gasteiger partial charge < -0.3 is 35.2 Å². The van der Waals surface area contributed by atoms with Gasteiger partial charge in [0.2, 0.25) is 0 Å². The average Bonchev–Trinajstić information content (AvgIpc) is 3.54. The maximum atomic E-state index is 13.8. The van der Waals surface area contributed by atoms with Crippen molar-refractivity contribution in [2.45, 2.75) is 88.4 Å². The summed E-state index contributed by atoms with van der Waals surface area (Å²) < 4.78 is 24.4. The fourth-order valence-corrected chi connectivity index (χ4v) is 6.39. The molecule has 9 nitrogen and oxygen atoms in total. The highest BCUT2D eigenvalue weighted by Gasteiger charge is 2.64. The zero-order chi connectivity index (χ0) is 27.7. The molecule has 39 heavy (non-hydrogen) atoms. The highest BCUT2D eigenvalue weighted by Crippen LogP contribution is 2.53. The van der Waals surface area contributed by atoms with Crippen LogP contribution in [0.1, 0.15) is 74.1 Å². The summed E-state index contributed by atoms with van der Waals surface area (Å²) in [6, 6.07) is 10.7. The second kappa shape index (κ2) is 9.08. The van der Waals surface area contributed by atoms with Gasteiger partial charge in [-0.25, -0.2) is 4.79 Å². The van der Waals surface area contributed by atoms with Crippen molar-refractivity contribution in [1.82, 2.24) is 0 Å². The van der Waals surface area contributed by atoms with Crippen molar-refractivity contribution < 1.29 is 28.5 Å². The van der Waals surface area contributed by atoms with Gasteiger partial charge in [0.1, 0.15) is 46.0 Å². The SMILES string of the molecule is Cc1cc(=O)c2c(O)c3c(cc2o1)OC(C)(C)[C@@H]1OC(=O)[C@]2(CCCC[C@H]31)O[C@@H]2Cc1cccc(C(N)N)c1. The molecule has 0 saturated carbocycles. The second-order valence-corrected chi connectivity index (χ2v) is 11.6. The number of phenols is 1. The van der Waals surface area contributed by atoms with E-state index in [9.17, 15) is 14.7 Å². The smallest absolute Gasteiger partial charge is 0.341 e. The Morgan fingerprint density at radius 1 is 1.13 bits per heavy atom. The van der Waals surface area contributed by atoms with Crippen LogP contribution in [0, 0.1) is 6.92 Å². The highest BCUT2D eigenvalue weighted by molar-refractivity contribution is 5.88. The van der Waals surface area contributed by atoms with Gasteiger partial charge in [-0.3, -0.25) is 4.79 Å². The molecule has 206 valence electrons. The van der Waals surface area contributed by atoms with E-state index in [-0.39, 0.29) is 34.2 Å². The third-order valence-electron chi connectivity index (χ3n) is 8.38. The van der Waals surface area contributed by atoms with Crippen molar-refractivity contribution in [3.8, 4) is 11.5 Å². The van der Waals surface area contributed by atoms with Crippen molar-refractivity contribution in [2.75, 3.05) is 0 Å². The average molecular weight is 535 g/mol. The van der Waals surface area contributed by atoms with Crippen LogP contribution < -0.4 is 21.6 Å². The molecule has 0 unspecified atom stereocenters. The predicted octanol–water partition coefficient (Wildman–Crippen LogP) is 3.84. The number of epoxide rings is 1. The van der Waals surface area contributed by atoms with Crippen molar-refractivity contribution >= 4 is 16.9 Å². The van der Waals surface area contributed by atoms with Gasteiger partial charge in [0.15, 0.2) is 11.0 Å². The van der Waals surface area contributed by atoms with E-state index in [1.165, 1.54) is 6.07 Å². The van der Waals surface area contributed by atoms with Crippen LogP contribution in [-0.2, 0) is 20.7 Å². The molecule has 3 aliphatic rings. The number of carbonyl (C=O) groups is 1. The lowest BCUT2D eigenvalue weighted by molar-refractivity contribution is -0.170. The first-order valence-electron chi connectivity index (χ1n) is 13.5. The number of carbonyl (C=O) groups excluding carboxylic acids is 1. The van der Waals surface area contributed by atoms with Crippen molar-refractivity contribution in [3.63, 3.8) is 0 Å². The summed E-state index contributed by atoms with van der Waals surface area (Å²) in [5.74, 6) is -0.0913. The van der Waals surface area contributed by atoms with Gasteiger partial charge in [-0.1, -0.05) is 30.7 Å². The number of esters is 1. The van der Waals surface area contributed by atoms with Gasteiger partial charge >= 0.3 is 5.97 Å². The molecule has 5 N–H and O–H groups in total. The molecule has 2 aromatic carbocycles. The Hall–Kier alpha value is -3.40. The van der Waals surface area contributed by atoms with E-state index >= 15 is 0 Å². The summed E-state index contributed by atoms with van der Waals surface area (Å²) in [5.41, 5.74) is 12.0. The van der Waals surface area contributed by atoms with Gasteiger partial charge in [-0.2, -0.15) is 0 Å². The summed E-state index contributed by atoms with van der Waals surface area (Å²) in [6.45, 7) is 5.42. The van der Waals surface area contributed by atoms with Crippen LogP contribution >= 0.6 is 0 Å². The Kier molecular flexibility index (Phi) is 6.02. The minimum absolute atomic E-state index is 0.106. The lowest BCUT2D eigenvalue weighted by Gasteiger charge is -2.44. The first-order chi connectivity index (χ1) is 18.5. The molecule has 9 heteroatoms. The summed E-state index contributed by atoms with van der Waals surface area (Å²) in [4.78, 5) is 26.5. The molecule has 0 aliphatic carbocycles. The number of hydrogen-bond donors (Lipinski definition) is 3. The third kappa shape index (κ3) is 4.29. The van der Waals surface area contributed by atoms with E-state index in [0.717, 1.165) is 24.0 Å². The van der Waals surface area contributed by atoms with Gasteiger partial charge in [0.05, 0.1) is 6.17 Å². The van der Waals surface area contributed by atoms with Crippen molar-refractivity contribution in [3.05, 3.63) is 69.1 Å². The number of nitrogens with two attached hydrogens (primary N) is 2. The molecule has 0 radical (unpaired) electrons. The number of phenolic OH excluding ortho intramolecular Hbond substituents is 1. The first-order valence-corrected chi connectivity index (χ1v) is 13.5. The van der Waals surface area contributed by atoms with Crippen LogP contribution in [-0.4, -0.2) is 34.5 Å². The van der Waals surface area contributed by atoms with Gasteiger partial charge in [0, 0.05) is 30.0 Å². The topological polar surface area (TPSA) is 151 Å². The zero-order valence-corrected chi connectivity index (χ0v) is 22.4. The Labute approximate surface area is 226 Å². The Morgan fingerprint density at radius 2 is 1.92 bits per heavy atom. The minimum atomic E-state index is -1.03. The first kappa shape index (κ1) is 25.9. The molecule has 0 bridgehead atoms. The fraction of sp³-hybridized carbons (Fsp3) is 0.467. The van der Waals surface area contributed by atoms with E-state index < -0.39 is 29.4 Å². The normalized spacial score (nSPS) is 27.6. The van der Waals surface area contributed by atoms with E-state index in [0.29, 0.717) is 36.3 Å². The van der Waals surface area contributed by atoms with Crippen LogP contribution in [0.2, 0.25) is 0 Å².